The molecule has 10 heteroatoms. The normalized spacial score (nSPS) is 12.1. The van der Waals surface area contributed by atoms with Gasteiger partial charge >= 0.3 is 0 Å². The van der Waals surface area contributed by atoms with E-state index in [4.69, 9.17) is 15.2 Å². The van der Waals surface area contributed by atoms with E-state index in [-0.39, 0.29) is 37.6 Å². The Morgan fingerprint density at radius 2 is 1.38 bits per heavy atom. The lowest BCUT2D eigenvalue weighted by Crippen LogP contribution is -2.49. The molecule has 0 aliphatic carbocycles. The van der Waals surface area contributed by atoms with Crippen LogP contribution in [0, 0.1) is 0 Å². The lowest BCUT2D eigenvalue weighted by atomic mass is 9.98. The summed E-state index contributed by atoms with van der Waals surface area (Å²) in [7, 11) is 1.62. The van der Waals surface area contributed by atoms with Crippen LogP contribution < -0.4 is 25.8 Å². The monoisotopic (exact) mass is 722 g/mol. The van der Waals surface area contributed by atoms with Crippen LogP contribution in [0.5, 0.6) is 11.5 Å². The molecule has 4 aromatic rings. The molecule has 5 N–H and O–H groups in total. The van der Waals surface area contributed by atoms with E-state index >= 15 is 0 Å². The van der Waals surface area contributed by atoms with Crippen LogP contribution in [0.2, 0.25) is 0 Å². The Bertz CT molecular complexity index is 1740. The second kappa shape index (κ2) is 21.4. The maximum Gasteiger partial charge on any atom is 0.226 e. The van der Waals surface area contributed by atoms with Crippen LogP contribution >= 0.6 is 0 Å². The van der Waals surface area contributed by atoms with Crippen LogP contribution in [0.1, 0.15) is 60.1 Å². The summed E-state index contributed by atoms with van der Waals surface area (Å²) in [5, 5.41) is 17.8. The van der Waals surface area contributed by atoms with Gasteiger partial charge in [-0.2, -0.15) is 0 Å². The van der Waals surface area contributed by atoms with Gasteiger partial charge in [0, 0.05) is 26.2 Å². The summed E-state index contributed by atoms with van der Waals surface area (Å²) in [6, 6.07) is 30.1. The minimum atomic E-state index is -0.920. The molecule has 0 heterocycles. The molecule has 0 unspecified atom stereocenters. The van der Waals surface area contributed by atoms with Gasteiger partial charge in [-0.05, 0) is 76.9 Å². The fourth-order valence-corrected chi connectivity index (χ4v) is 6.27. The highest BCUT2D eigenvalue weighted by molar-refractivity contribution is 5.81. The predicted molar refractivity (Wildman–Crippen MR) is 207 cm³/mol. The number of primary amides is 1. The molecule has 0 saturated heterocycles. The number of hydrogen-bond acceptors (Lipinski definition) is 7. The van der Waals surface area contributed by atoms with Crippen molar-refractivity contribution in [3.05, 3.63) is 130 Å². The Kier molecular flexibility index (Phi) is 16.4. The van der Waals surface area contributed by atoms with Gasteiger partial charge in [-0.1, -0.05) is 86.6 Å². The molecule has 282 valence electrons. The highest BCUT2D eigenvalue weighted by Gasteiger charge is 2.23. The van der Waals surface area contributed by atoms with E-state index in [1.165, 1.54) is 0 Å². The molecule has 53 heavy (non-hydrogen) atoms. The van der Waals surface area contributed by atoms with Gasteiger partial charge in [0.2, 0.25) is 17.7 Å². The van der Waals surface area contributed by atoms with Crippen molar-refractivity contribution in [3.8, 4) is 11.5 Å². The fourth-order valence-electron chi connectivity index (χ4n) is 6.27. The van der Waals surface area contributed by atoms with Crippen molar-refractivity contribution in [1.82, 2.24) is 15.5 Å². The number of aliphatic hydroxyl groups is 1. The number of nitrogens with zero attached hydrogens (tertiary/aromatic N) is 1. The van der Waals surface area contributed by atoms with Crippen molar-refractivity contribution in [2.45, 2.75) is 77.7 Å². The number of nitrogens with two attached hydrogens (primary N) is 1. The quantitative estimate of drug-likeness (QED) is 0.0903. The minimum Gasteiger partial charge on any atom is -0.497 e. The standard InChI is InChI=1S/C43H54N4O6/c1-4-18-47(19-5-2)43(51)27-36-21-34(25-41(44)49)20-35(22-36)26-42(50)46-39(40(48)29-45-28-33-12-9-13-38(23-33)52-3)24-31-14-16-37(17-15-31)53-30-32-10-7-6-8-11-32/h6-17,20-23,39-40,45,48H,4-5,18-19,24-30H2,1-3H3,(H2,44,49)(H,46,50)/t39-,40+/m0/s1. The van der Waals surface area contributed by atoms with Crippen molar-refractivity contribution in [2.24, 2.45) is 5.73 Å². The molecule has 10 nitrogen and oxygen atoms in total. The second-order valence-electron chi connectivity index (χ2n) is 13.4. The zero-order valence-corrected chi connectivity index (χ0v) is 31.2. The van der Waals surface area contributed by atoms with Crippen LogP contribution in [0.25, 0.3) is 0 Å². The zero-order chi connectivity index (χ0) is 38.0. The molecule has 0 fully saturated rings. The van der Waals surface area contributed by atoms with E-state index in [9.17, 15) is 19.5 Å². The predicted octanol–water partition coefficient (Wildman–Crippen LogP) is 4.91. The van der Waals surface area contributed by atoms with Crippen LogP contribution in [0.3, 0.4) is 0 Å². The SMILES string of the molecule is CCCN(CCC)C(=O)Cc1cc(CC(N)=O)cc(CC(=O)N[C@@H](Cc2ccc(OCc3ccccc3)cc2)[C@H](O)CNCc2cccc(OC)c2)c1. The number of nitrogens with one attached hydrogen (secondary N) is 2. The topological polar surface area (TPSA) is 143 Å². The average Bonchev–Trinajstić information content (AvgIpc) is 3.14. The van der Waals surface area contributed by atoms with Crippen LogP contribution in [-0.2, 0) is 53.2 Å². The third-order valence-electron chi connectivity index (χ3n) is 8.81. The summed E-state index contributed by atoms with van der Waals surface area (Å²) < 4.78 is 11.3. The summed E-state index contributed by atoms with van der Waals surface area (Å²) in [6.45, 7) is 6.60. The fraction of sp³-hybridized carbons (Fsp3) is 0.372. The number of benzene rings is 4. The summed E-state index contributed by atoms with van der Waals surface area (Å²) >= 11 is 0. The molecule has 0 saturated carbocycles. The number of ether oxygens (including phenoxy) is 2. The summed E-state index contributed by atoms with van der Waals surface area (Å²) in [6.07, 6.45) is 1.31. The Morgan fingerprint density at radius 3 is 2.02 bits per heavy atom. The van der Waals surface area contributed by atoms with E-state index in [0.717, 1.165) is 46.6 Å². The van der Waals surface area contributed by atoms with Crippen LogP contribution in [0.4, 0.5) is 0 Å². The molecule has 4 rings (SSSR count). The molecule has 0 bridgehead atoms. The molecular weight excluding hydrogens is 668 g/mol. The van der Waals surface area contributed by atoms with Gasteiger partial charge in [-0.15, -0.1) is 0 Å². The van der Waals surface area contributed by atoms with Crippen LogP contribution in [-0.4, -0.2) is 66.6 Å². The number of amides is 3. The Morgan fingerprint density at radius 1 is 0.736 bits per heavy atom. The van der Waals surface area contributed by atoms with E-state index < -0.39 is 18.1 Å². The van der Waals surface area contributed by atoms with Crippen molar-refractivity contribution >= 4 is 17.7 Å². The van der Waals surface area contributed by atoms with Gasteiger partial charge in [-0.3, -0.25) is 14.4 Å². The van der Waals surface area contributed by atoms with Gasteiger partial charge in [-0.25, -0.2) is 0 Å². The molecule has 0 spiro atoms. The van der Waals surface area contributed by atoms with Crippen molar-refractivity contribution in [2.75, 3.05) is 26.7 Å². The molecule has 0 radical (unpaired) electrons. The van der Waals surface area contributed by atoms with Gasteiger partial charge in [0.1, 0.15) is 18.1 Å². The first-order valence-corrected chi connectivity index (χ1v) is 18.4. The first kappa shape index (κ1) is 40.6. The molecule has 3 amide bonds. The third-order valence-corrected chi connectivity index (χ3v) is 8.81. The number of rotatable bonds is 22. The van der Waals surface area contributed by atoms with Gasteiger partial charge in [0.05, 0.1) is 38.5 Å². The zero-order valence-electron chi connectivity index (χ0n) is 31.2. The van der Waals surface area contributed by atoms with Gasteiger partial charge in [0.25, 0.3) is 0 Å². The number of carbonyl (C=O) groups excluding carboxylic acids is 3. The smallest absolute Gasteiger partial charge is 0.226 e. The van der Waals surface area contributed by atoms with Crippen molar-refractivity contribution < 1.29 is 29.0 Å². The highest BCUT2D eigenvalue weighted by Crippen LogP contribution is 2.18. The maximum absolute atomic E-state index is 13.7. The maximum atomic E-state index is 13.7. The highest BCUT2D eigenvalue weighted by atomic mass is 16.5. The number of carbonyl (C=O) groups is 3. The van der Waals surface area contributed by atoms with E-state index in [0.29, 0.717) is 43.8 Å². The lowest BCUT2D eigenvalue weighted by molar-refractivity contribution is -0.130. The molecular formula is C43H54N4O6. The number of hydrogen-bond donors (Lipinski definition) is 4. The van der Waals surface area contributed by atoms with Crippen LogP contribution in [0.15, 0.2) is 97.1 Å². The van der Waals surface area contributed by atoms with E-state index in [1.54, 1.807) is 13.2 Å². The van der Waals surface area contributed by atoms with E-state index in [2.05, 4.69) is 10.6 Å². The summed E-state index contributed by atoms with van der Waals surface area (Å²) in [5.41, 5.74) is 10.5. The Labute approximate surface area is 313 Å². The number of aliphatic hydroxyl groups excluding tert-OH is 1. The molecule has 4 aromatic carbocycles. The third kappa shape index (κ3) is 14.0. The molecule has 0 aliphatic heterocycles. The van der Waals surface area contributed by atoms with Gasteiger partial charge in [0.15, 0.2) is 0 Å². The Hall–Kier alpha value is -5.19. The first-order valence-electron chi connectivity index (χ1n) is 18.4. The Balaban J connectivity index is 1.48. The van der Waals surface area contributed by atoms with Crippen molar-refractivity contribution in [3.63, 3.8) is 0 Å². The summed E-state index contributed by atoms with van der Waals surface area (Å²) in [5.74, 6) is 0.677. The molecule has 2 atom stereocenters. The average molecular weight is 723 g/mol. The first-order chi connectivity index (χ1) is 25.6. The minimum absolute atomic E-state index is 0.00134. The lowest BCUT2D eigenvalue weighted by Gasteiger charge is -2.25. The largest absolute Gasteiger partial charge is 0.497 e. The second-order valence-corrected chi connectivity index (χ2v) is 13.4. The summed E-state index contributed by atoms with van der Waals surface area (Å²) in [4.78, 5) is 40.6. The van der Waals surface area contributed by atoms with Crippen molar-refractivity contribution in [1.29, 1.82) is 0 Å². The molecule has 0 aromatic heterocycles. The molecule has 0 aliphatic rings. The van der Waals surface area contributed by atoms with E-state index in [1.807, 2.05) is 110 Å². The van der Waals surface area contributed by atoms with Gasteiger partial charge < -0.3 is 35.8 Å². The number of methoxy groups -OCH3 is 1.